The van der Waals surface area contributed by atoms with Gasteiger partial charge in [0, 0.05) is 16.5 Å². The first-order chi connectivity index (χ1) is 10.6. The summed E-state index contributed by atoms with van der Waals surface area (Å²) in [5.74, 6) is -1.27. The number of pyridine rings is 1. The number of hydrogen-bond donors (Lipinski definition) is 1. The lowest BCUT2D eigenvalue weighted by Crippen LogP contribution is -2.12. The Labute approximate surface area is 130 Å². The summed E-state index contributed by atoms with van der Waals surface area (Å²) >= 11 is 6.19. The number of benzene rings is 2. The molecule has 3 aromatic rings. The molecule has 0 radical (unpaired) electrons. The van der Waals surface area contributed by atoms with E-state index in [1.165, 1.54) is 6.07 Å². The standard InChI is InChI=1S/C17H8ClNO3/c18-11-5-1-3-8-10-7-13(17(21)22)19-12-6-2-4-9(14(10)12)16(20)15(8)11/h1-7H,(H,21,22). The SMILES string of the molecule is O=C(O)c1cc2c3c(cccc3n1)C(=O)c1c(Cl)cccc1-2. The Morgan fingerprint density at radius 3 is 2.55 bits per heavy atom. The Morgan fingerprint density at radius 1 is 1.05 bits per heavy atom. The summed E-state index contributed by atoms with van der Waals surface area (Å²) in [6, 6.07) is 11.8. The summed E-state index contributed by atoms with van der Waals surface area (Å²) in [5.41, 5.74) is 2.66. The number of aromatic carboxylic acids is 1. The van der Waals surface area contributed by atoms with E-state index in [0.29, 0.717) is 38.2 Å². The van der Waals surface area contributed by atoms with E-state index in [0.717, 1.165) is 0 Å². The first kappa shape index (κ1) is 13.0. The maximum atomic E-state index is 12.7. The van der Waals surface area contributed by atoms with Gasteiger partial charge in [0.1, 0.15) is 5.69 Å². The van der Waals surface area contributed by atoms with Crippen LogP contribution in [0.3, 0.4) is 0 Å². The average Bonchev–Trinajstić information content (AvgIpc) is 2.51. The Bertz CT molecular complexity index is 995. The van der Waals surface area contributed by atoms with E-state index >= 15 is 0 Å². The molecule has 0 atom stereocenters. The van der Waals surface area contributed by atoms with Gasteiger partial charge in [-0.05, 0) is 29.3 Å². The molecule has 1 aliphatic carbocycles. The van der Waals surface area contributed by atoms with Crippen LogP contribution in [0.2, 0.25) is 5.02 Å². The number of carbonyl (C=O) groups is 2. The van der Waals surface area contributed by atoms with Crippen molar-refractivity contribution in [3.05, 3.63) is 64.3 Å². The van der Waals surface area contributed by atoms with Crippen molar-refractivity contribution in [3.8, 4) is 11.1 Å². The van der Waals surface area contributed by atoms with Crippen molar-refractivity contribution in [1.29, 1.82) is 0 Å². The fraction of sp³-hybridized carbons (Fsp3) is 0. The van der Waals surface area contributed by atoms with E-state index in [1.54, 1.807) is 36.4 Å². The molecule has 0 bridgehead atoms. The summed E-state index contributed by atoms with van der Waals surface area (Å²) < 4.78 is 0. The molecule has 1 N–H and O–H groups in total. The topological polar surface area (TPSA) is 67.3 Å². The molecule has 0 unspecified atom stereocenters. The largest absolute Gasteiger partial charge is 0.477 e. The number of carboxylic acid groups (broad SMARTS) is 1. The van der Waals surface area contributed by atoms with Crippen LogP contribution in [0.1, 0.15) is 26.4 Å². The van der Waals surface area contributed by atoms with E-state index in [-0.39, 0.29) is 11.5 Å². The maximum Gasteiger partial charge on any atom is 0.354 e. The first-order valence-electron chi connectivity index (χ1n) is 6.58. The van der Waals surface area contributed by atoms with Crippen LogP contribution in [-0.2, 0) is 0 Å². The molecule has 0 aliphatic heterocycles. The van der Waals surface area contributed by atoms with Crippen molar-refractivity contribution >= 4 is 34.3 Å². The third-order valence-electron chi connectivity index (χ3n) is 3.83. The molecular weight excluding hydrogens is 302 g/mol. The molecule has 106 valence electrons. The zero-order valence-corrected chi connectivity index (χ0v) is 11.9. The van der Waals surface area contributed by atoms with Gasteiger partial charge in [0.15, 0.2) is 5.78 Å². The molecule has 4 rings (SSSR count). The predicted octanol–water partition coefficient (Wildman–Crippen LogP) is 3.80. The maximum absolute atomic E-state index is 12.7. The van der Waals surface area contributed by atoms with Crippen LogP contribution in [-0.4, -0.2) is 21.8 Å². The number of carbonyl (C=O) groups excluding carboxylic acids is 1. The summed E-state index contributed by atoms with van der Waals surface area (Å²) in [5, 5.41) is 10.3. The molecule has 4 nitrogen and oxygen atoms in total. The van der Waals surface area contributed by atoms with Crippen molar-refractivity contribution in [2.45, 2.75) is 0 Å². The third kappa shape index (κ3) is 1.61. The van der Waals surface area contributed by atoms with Crippen LogP contribution in [0.15, 0.2) is 42.5 Å². The van der Waals surface area contributed by atoms with Gasteiger partial charge in [0.05, 0.1) is 10.5 Å². The van der Waals surface area contributed by atoms with Crippen LogP contribution in [0, 0.1) is 0 Å². The van der Waals surface area contributed by atoms with Crippen molar-refractivity contribution in [2.75, 3.05) is 0 Å². The summed E-state index contributed by atoms with van der Waals surface area (Å²) in [7, 11) is 0. The van der Waals surface area contributed by atoms with E-state index in [2.05, 4.69) is 4.98 Å². The quantitative estimate of drug-likeness (QED) is 0.581. The number of aromatic nitrogens is 1. The summed E-state index contributed by atoms with van der Waals surface area (Å²) in [6.07, 6.45) is 0. The molecule has 5 heteroatoms. The molecular formula is C17H8ClNO3. The second-order valence-electron chi connectivity index (χ2n) is 5.05. The Hall–Kier alpha value is -2.72. The molecule has 1 aliphatic rings. The van der Waals surface area contributed by atoms with Gasteiger partial charge < -0.3 is 5.11 Å². The average molecular weight is 310 g/mol. The van der Waals surface area contributed by atoms with Crippen LogP contribution >= 0.6 is 11.6 Å². The smallest absolute Gasteiger partial charge is 0.354 e. The Kier molecular flexibility index (Phi) is 2.59. The van der Waals surface area contributed by atoms with Crippen LogP contribution < -0.4 is 0 Å². The second-order valence-corrected chi connectivity index (χ2v) is 5.46. The van der Waals surface area contributed by atoms with Gasteiger partial charge in [-0.15, -0.1) is 0 Å². The number of carboxylic acids is 1. The van der Waals surface area contributed by atoms with Gasteiger partial charge in [-0.1, -0.05) is 35.9 Å². The van der Waals surface area contributed by atoms with E-state index in [1.807, 2.05) is 0 Å². The van der Waals surface area contributed by atoms with Crippen LogP contribution in [0.25, 0.3) is 22.0 Å². The number of nitrogens with zero attached hydrogens (tertiary/aromatic N) is 1. The molecule has 0 fully saturated rings. The number of hydrogen-bond acceptors (Lipinski definition) is 3. The highest BCUT2D eigenvalue weighted by atomic mass is 35.5. The fourth-order valence-electron chi connectivity index (χ4n) is 2.91. The number of fused-ring (bicyclic) bond motifs is 2. The highest BCUT2D eigenvalue weighted by molar-refractivity contribution is 6.38. The molecule has 0 spiro atoms. The summed E-state index contributed by atoms with van der Waals surface area (Å²) in [4.78, 5) is 28.1. The van der Waals surface area contributed by atoms with E-state index < -0.39 is 5.97 Å². The zero-order chi connectivity index (χ0) is 15.4. The van der Waals surface area contributed by atoms with Crippen molar-refractivity contribution in [2.24, 2.45) is 0 Å². The minimum Gasteiger partial charge on any atom is -0.477 e. The summed E-state index contributed by atoms with van der Waals surface area (Å²) in [6.45, 7) is 0. The molecule has 1 aromatic heterocycles. The van der Waals surface area contributed by atoms with E-state index in [9.17, 15) is 14.7 Å². The van der Waals surface area contributed by atoms with E-state index in [4.69, 9.17) is 11.6 Å². The van der Waals surface area contributed by atoms with Gasteiger partial charge in [0.25, 0.3) is 0 Å². The first-order valence-corrected chi connectivity index (χ1v) is 6.96. The molecule has 22 heavy (non-hydrogen) atoms. The molecule has 1 heterocycles. The number of rotatable bonds is 1. The van der Waals surface area contributed by atoms with Crippen LogP contribution in [0.5, 0.6) is 0 Å². The Balaban J connectivity index is 2.24. The third-order valence-corrected chi connectivity index (χ3v) is 4.14. The van der Waals surface area contributed by atoms with Crippen molar-refractivity contribution in [3.63, 3.8) is 0 Å². The zero-order valence-electron chi connectivity index (χ0n) is 11.1. The normalized spacial score (nSPS) is 12.3. The van der Waals surface area contributed by atoms with Gasteiger partial charge in [-0.2, -0.15) is 0 Å². The molecule has 0 saturated heterocycles. The molecule has 0 saturated carbocycles. The highest BCUT2D eigenvalue weighted by Gasteiger charge is 2.28. The second kappa shape index (κ2) is 4.39. The minimum atomic E-state index is -1.11. The van der Waals surface area contributed by atoms with Crippen LogP contribution in [0.4, 0.5) is 0 Å². The van der Waals surface area contributed by atoms with Crippen molar-refractivity contribution < 1.29 is 14.7 Å². The molecule has 0 amide bonds. The lowest BCUT2D eigenvalue weighted by molar-refractivity contribution is 0.0691. The monoisotopic (exact) mass is 309 g/mol. The predicted molar refractivity (Wildman–Crippen MR) is 82.6 cm³/mol. The van der Waals surface area contributed by atoms with Crippen molar-refractivity contribution in [1.82, 2.24) is 4.98 Å². The number of halogens is 1. The Morgan fingerprint density at radius 2 is 1.77 bits per heavy atom. The lowest BCUT2D eigenvalue weighted by Gasteiger charge is -2.20. The fourth-order valence-corrected chi connectivity index (χ4v) is 3.17. The van der Waals surface area contributed by atoms with Gasteiger partial charge in [-0.3, -0.25) is 4.79 Å². The minimum absolute atomic E-state index is 0.0556. The highest BCUT2D eigenvalue weighted by Crippen LogP contribution is 2.41. The lowest BCUT2D eigenvalue weighted by atomic mass is 9.84. The number of ketones is 1. The van der Waals surface area contributed by atoms with Gasteiger partial charge in [0.2, 0.25) is 0 Å². The molecule has 2 aromatic carbocycles. The van der Waals surface area contributed by atoms with Gasteiger partial charge >= 0.3 is 5.97 Å². The van der Waals surface area contributed by atoms with Gasteiger partial charge in [-0.25, -0.2) is 9.78 Å².